The molecule has 0 atom stereocenters. The van der Waals surface area contributed by atoms with Crippen molar-refractivity contribution in [3.05, 3.63) is 41.2 Å². The SMILES string of the molecule is Cc1cc(N)ccc1NCCCc1cn[nH]c1C. The number of hydrogen-bond acceptors (Lipinski definition) is 3. The molecule has 0 bridgehead atoms. The van der Waals surface area contributed by atoms with E-state index in [4.69, 9.17) is 5.73 Å². The first-order valence-electron chi connectivity index (χ1n) is 6.25. The maximum Gasteiger partial charge on any atom is 0.0522 e. The highest BCUT2D eigenvalue weighted by Gasteiger charge is 2.01. The lowest BCUT2D eigenvalue weighted by atomic mass is 10.1. The smallest absolute Gasteiger partial charge is 0.0522 e. The number of benzene rings is 1. The molecule has 0 saturated heterocycles. The van der Waals surface area contributed by atoms with Crippen LogP contribution in [0, 0.1) is 13.8 Å². The molecule has 0 amide bonds. The molecule has 0 fully saturated rings. The van der Waals surface area contributed by atoms with Crippen LogP contribution in [0.3, 0.4) is 0 Å². The van der Waals surface area contributed by atoms with Gasteiger partial charge < -0.3 is 11.1 Å². The number of aromatic nitrogens is 2. The summed E-state index contributed by atoms with van der Waals surface area (Å²) in [5.41, 5.74) is 11.3. The number of nitrogens with one attached hydrogen (secondary N) is 2. The molecule has 2 aromatic rings. The van der Waals surface area contributed by atoms with E-state index in [-0.39, 0.29) is 0 Å². The number of nitrogen functional groups attached to an aromatic ring is 1. The number of nitrogens with two attached hydrogens (primary N) is 1. The quantitative estimate of drug-likeness (QED) is 0.559. The Morgan fingerprint density at radius 2 is 2.17 bits per heavy atom. The predicted molar refractivity (Wildman–Crippen MR) is 75.7 cm³/mol. The number of aryl methyl sites for hydroxylation is 3. The summed E-state index contributed by atoms with van der Waals surface area (Å²) in [6.45, 7) is 5.08. The van der Waals surface area contributed by atoms with E-state index in [1.54, 1.807) is 0 Å². The first-order chi connectivity index (χ1) is 8.66. The fraction of sp³-hybridized carbons (Fsp3) is 0.357. The Kier molecular flexibility index (Phi) is 3.87. The molecule has 1 aromatic carbocycles. The van der Waals surface area contributed by atoms with Crippen LogP contribution in [0.1, 0.15) is 23.2 Å². The van der Waals surface area contributed by atoms with Crippen molar-refractivity contribution in [1.29, 1.82) is 0 Å². The summed E-state index contributed by atoms with van der Waals surface area (Å²) >= 11 is 0. The van der Waals surface area contributed by atoms with Gasteiger partial charge in [-0.1, -0.05) is 0 Å². The summed E-state index contributed by atoms with van der Waals surface area (Å²) in [7, 11) is 0. The zero-order valence-electron chi connectivity index (χ0n) is 11.0. The molecule has 2 rings (SSSR count). The van der Waals surface area contributed by atoms with Crippen molar-refractivity contribution in [3.63, 3.8) is 0 Å². The normalized spacial score (nSPS) is 10.6. The predicted octanol–water partition coefficient (Wildman–Crippen LogP) is 2.65. The van der Waals surface area contributed by atoms with Gasteiger partial charge in [-0.05, 0) is 56.0 Å². The zero-order valence-corrected chi connectivity index (χ0v) is 11.0. The van der Waals surface area contributed by atoms with Crippen LogP contribution in [0.5, 0.6) is 0 Å². The average molecular weight is 244 g/mol. The number of rotatable bonds is 5. The van der Waals surface area contributed by atoms with Gasteiger partial charge in [-0.25, -0.2) is 0 Å². The van der Waals surface area contributed by atoms with Gasteiger partial charge in [0, 0.05) is 23.6 Å². The third-order valence-electron chi connectivity index (χ3n) is 3.12. The van der Waals surface area contributed by atoms with Crippen molar-refractivity contribution >= 4 is 11.4 Å². The molecule has 0 unspecified atom stereocenters. The van der Waals surface area contributed by atoms with Crippen LogP contribution >= 0.6 is 0 Å². The lowest BCUT2D eigenvalue weighted by Gasteiger charge is -2.09. The van der Waals surface area contributed by atoms with E-state index in [0.717, 1.165) is 30.8 Å². The molecule has 4 heteroatoms. The molecular weight excluding hydrogens is 224 g/mol. The third kappa shape index (κ3) is 3.03. The lowest BCUT2D eigenvalue weighted by Crippen LogP contribution is -2.04. The van der Waals surface area contributed by atoms with E-state index < -0.39 is 0 Å². The van der Waals surface area contributed by atoms with E-state index >= 15 is 0 Å². The molecule has 0 saturated carbocycles. The minimum absolute atomic E-state index is 0.812. The molecule has 4 nitrogen and oxygen atoms in total. The first kappa shape index (κ1) is 12.5. The molecule has 1 heterocycles. The third-order valence-corrected chi connectivity index (χ3v) is 3.12. The van der Waals surface area contributed by atoms with Crippen molar-refractivity contribution in [3.8, 4) is 0 Å². The van der Waals surface area contributed by atoms with Gasteiger partial charge in [-0.2, -0.15) is 5.10 Å². The van der Waals surface area contributed by atoms with Crippen LogP contribution in [0.25, 0.3) is 0 Å². The highest BCUT2D eigenvalue weighted by molar-refractivity contribution is 5.57. The topological polar surface area (TPSA) is 66.7 Å². The lowest BCUT2D eigenvalue weighted by molar-refractivity contribution is 0.856. The van der Waals surface area contributed by atoms with Gasteiger partial charge in [0.15, 0.2) is 0 Å². The molecule has 0 aliphatic carbocycles. The Morgan fingerprint density at radius 1 is 1.33 bits per heavy atom. The second-order valence-corrected chi connectivity index (χ2v) is 4.62. The standard InChI is InChI=1S/C14H20N4/c1-10-8-13(15)5-6-14(10)16-7-3-4-12-9-17-18-11(12)2/h5-6,8-9,16H,3-4,7,15H2,1-2H3,(H,17,18). The molecular formula is C14H20N4. The number of H-pyrrole nitrogens is 1. The average Bonchev–Trinajstić information content (AvgIpc) is 2.73. The van der Waals surface area contributed by atoms with Gasteiger partial charge in [0.2, 0.25) is 0 Å². The van der Waals surface area contributed by atoms with Gasteiger partial charge in [-0.3, -0.25) is 5.10 Å². The largest absolute Gasteiger partial charge is 0.399 e. The number of nitrogens with zero attached hydrogens (tertiary/aromatic N) is 1. The summed E-state index contributed by atoms with van der Waals surface area (Å²) in [6, 6.07) is 5.95. The van der Waals surface area contributed by atoms with E-state index in [9.17, 15) is 0 Å². The fourth-order valence-corrected chi connectivity index (χ4v) is 2.01. The van der Waals surface area contributed by atoms with Crippen LogP contribution in [-0.2, 0) is 6.42 Å². The molecule has 0 aliphatic heterocycles. The number of anilines is 2. The van der Waals surface area contributed by atoms with Gasteiger partial charge in [-0.15, -0.1) is 0 Å². The van der Waals surface area contributed by atoms with E-state index in [1.165, 1.54) is 16.8 Å². The van der Waals surface area contributed by atoms with Gasteiger partial charge in [0.25, 0.3) is 0 Å². The van der Waals surface area contributed by atoms with Crippen LogP contribution in [0.2, 0.25) is 0 Å². The molecule has 18 heavy (non-hydrogen) atoms. The first-order valence-corrected chi connectivity index (χ1v) is 6.25. The van der Waals surface area contributed by atoms with Crippen LogP contribution < -0.4 is 11.1 Å². The Morgan fingerprint density at radius 3 is 2.83 bits per heavy atom. The molecule has 0 aliphatic rings. The van der Waals surface area contributed by atoms with E-state index in [1.807, 2.05) is 24.4 Å². The van der Waals surface area contributed by atoms with Crippen molar-refractivity contribution < 1.29 is 0 Å². The maximum atomic E-state index is 5.72. The highest BCUT2D eigenvalue weighted by atomic mass is 15.1. The Labute approximate surface area is 108 Å². The Balaban J connectivity index is 1.80. The van der Waals surface area contributed by atoms with Crippen molar-refractivity contribution in [2.75, 3.05) is 17.6 Å². The zero-order chi connectivity index (χ0) is 13.0. The van der Waals surface area contributed by atoms with Crippen molar-refractivity contribution in [2.45, 2.75) is 26.7 Å². The second kappa shape index (κ2) is 5.58. The molecule has 0 radical (unpaired) electrons. The molecule has 4 N–H and O–H groups in total. The minimum Gasteiger partial charge on any atom is -0.399 e. The molecule has 96 valence electrons. The van der Waals surface area contributed by atoms with Crippen LogP contribution in [0.15, 0.2) is 24.4 Å². The van der Waals surface area contributed by atoms with Gasteiger partial charge in [0.1, 0.15) is 0 Å². The van der Waals surface area contributed by atoms with Crippen molar-refractivity contribution in [2.24, 2.45) is 0 Å². The molecule has 1 aromatic heterocycles. The maximum absolute atomic E-state index is 5.72. The summed E-state index contributed by atoms with van der Waals surface area (Å²) in [5, 5.41) is 10.4. The number of aromatic amines is 1. The van der Waals surface area contributed by atoms with Crippen LogP contribution in [0.4, 0.5) is 11.4 Å². The minimum atomic E-state index is 0.812. The summed E-state index contributed by atoms with van der Waals surface area (Å²) in [4.78, 5) is 0. The fourth-order valence-electron chi connectivity index (χ4n) is 2.01. The summed E-state index contributed by atoms with van der Waals surface area (Å²) < 4.78 is 0. The van der Waals surface area contributed by atoms with E-state index in [0.29, 0.717) is 0 Å². The Bertz CT molecular complexity index is 516. The highest BCUT2D eigenvalue weighted by Crippen LogP contribution is 2.17. The molecule has 0 spiro atoms. The van der Waals surface area contributed by atoms with Crippen molar-refractivity contribution in [1.82, 2.24) is 10.2 Å². The monoisotopic (exact) mass is 244 g/mol. The summed E-state index contributed by atoms with van der Waals surface area (Å²) in [6.07, 6.45) is 4.04. The van der Waals surface area contributed by atoms with Gasteiger partial charge in [0.05, 0.1) is 6.20 Å². The number of hydrogen-bond donors (Lipinski definition) is 3. The second-order valence-electron chi connectivity index (χ2n) is 4.62. The summed E-state index contributed by atoms with van der Waals surface area (Å²) in [5.74, 6) is 0. The van der Waals surface area contributed by atoms with Crippen LogP contribution in [-0.4, -0.2) is 16.7 Å². The van der Waals surface area contributed by atoms with E-state index in [2.05, 4.69) is 29.4 Å². The Hall–Kier alpha value is -1.97. The van der Waals surface area contributed by atoms with Gasteiger partial charge >= 0.3 is 0 Å².